The van der Waals surface area contributed by atoms with Crippen LogP contribution >= 0.6 is 11.6 Å². The van der Waals surface area contributed by atoms with Gasteiger partial charge in [0, 0.05) is 10.6 Å². The van der Waals surface area contributed by atoms with Crippen LogP contribution in [0, 0.1) is 0 Å². The summed E-state index contributed by atoms with van der Waals surface area (Å²) in [6.45, 7) is 9.05. The van der Waals surface area contributed by atoms with Crippen molar-refractivity contribution in [2.45, 2.75) is 45.8 Å². The maximum Gasteiger partial charge on any atom is 0.165 e. The number of hydrogen-bond acceptors (Lipinski definition) is 4. The molecular weight excluding hydrogens is 274 g/mol. The molecule has 1 atom stereocenters. The number of rotatable bonds is 4. The summed E-state index contributed by atoms with van der Waals surface area (Å²) in [5.41, 5.74) is 1.15. The Labute approximate surface area is 124 Å². The third kappa shape index (κ3) is 3.77. The number of aromatic nitrogens is 4. The fourth-order valence-corrected chi connectivity index (χ4v) is 1.98. The number of nitrogens with one attached hydrogen (secondary N) is 1. The number of halogens is 1. The molecule has 1 unspecified atom stereocenters. The van der Waals surface area contributed by atoms with Crippen molar-refractivity contribution in [2.24, 2.45) is 0 Å². The Kier molecular flexibility index (Phi) is 4.40. The SMILES string of the molecule is CC(c1ccc(Cl)cc1)n1nnnc1CNC(C)(C)C. The molecule has 2 rings (SSSR count). The molecule has 0 aliphatic rings. The maximum absolute atomic E-state index is 5.92. The molecule has 20 heavy (non-hydrogen) atoms. The Bertz CT molecular complexity index is 556. The van der Waals surface area contributed by atoms with Crippen molar-refractivity contribution in [2.75, 3.05) is 0 Å². The maximum atomic E-state index is 5.92. The van der Waals surface area contributed by atoms with Crippen molar-refractivity contribution in [3.63, 3.8) is 0 Å². The predicted molar refractivity (Wildman–Crippen MR) is 79.7 cm³/mol. The van der Waals surface area contributed by atoms with E-state index in [-0.39, 0.29) is 11.6 Å². The van der Waals surface area contributed by atoms with E-state index in [4.69, 9.17) is 11.6 Å². The number of hydrogen-bond donors (Lipinski definition) is 1. The summed E-state index contributed by atoms with van der Waals surface area (Å²) in [6, 6.07) is 7.82. The zero-order valence-electron chi connectivity index (χ0n) is 12.3. The highest BCUT2D eigenvalue weighted by atomic mass is 35.5. The lowest BCUT2D eigenvalue weighted by atomic mass is 10.1. The van der Waals surface area contributed by atoms with Gasteiger partial charge in [-0.2, -0.15) is 0 Å². The molecule has 1 heterocycles. The smallest absolute Gasteiger partial charge is 0.165 e. The number of tetrazole rings is 1. The normalized spacial score (nSPS) is 13.4. The molecule has 6 heteroatoms. The molecule has 108 valence electrons. The van der Waals surface area contributed by atoms with Crippen LogP contribution in [0.25, 0.3) is 0 Å². The van der Waals surface area contributed by atoms with Crippen LogP contribution in [0.1, 0.15) is 45.1 Å². The lowest BCUT2D eigenvalue weighted by Gasteiger charge is -2.21. The van der Waals surface area contributed by atoms with Crippen LogP contribution in [0.2, 0.25) is 5.02 Å². The van der Waals surface area contributed by atoms with E-state index >= 15 is 0 Å². The molecular formula is C14H20ClN5. The van der Waals surface area contributed by atoms with Gasteiger partial charge < -0.3 is 5.32 Å². The summed E-state index contributed by atoms with van der Waals surface area (Å²) in [6.07, 6.45) is 0. The van der Waals surface area contributed by atoms with Crippen molar-refractivity contribution in [1.82, 2.24) is 25.5 Å². The minimum Gasteiger partial charge on any atom is -0.305 e. The van der Waals surface area contributed by atoms with Gasteiger partial charge in [-0.15, -0.1) is 5.10 Å². The minimum absolute atomic E-state index is 0.0281. The first kappa shape index (κ1) is 14.9. The molecule has 1 aromatic heterocycles. The van der Waals surface area contributed by atoms with Crippen LogP contribution in [0.4, 0.5) is 0 Å². The van der Waals surface area contributed by atoms with Gasteiger partial charge in [-0.25, -0.2) is 4.68 Å². The van der Waals surface area contributed by atoms with Gasteiger partial charge in [0.25, 0.3) is 0 Å². The van der Waals surface area contributed by atoms with Crippen LogP contribution in [0.5, 0.6) is 0 Å². The number of benzene rings is 1. The van der Waals surface area contributed by atoms with Gasteiger partial charge in [0.05, 0.1) is 12.6 Å². The van der Waals surface area contributed by atoms with E-state index in [0.717, 1.165) is 16.4 Å². The Balaban J connectivity index is 2.16. The van der Waals surface area contributed by atoms with Gasteiger partial charge in [0.15, 0.2) is 5.82 Å². The Hall–Kier alpha value is -1.46. The Morgan fingerprint density at radius 2 is 1.90 bits per heavy atom. The van der Waals surface area contributed by atoms with E-state index in [1.165, 1.54) is 0 Å². The third-order valence-electron chi connectivity index (χ3n) is 3.06. The second-order valence-corrected chi connectivity index (χ2v) is 6.31. The second-order valence-electron chi connectivity index (χ2n) is 5.87. The highest BCUT2D eigenvalue weighted by Gasteiger charge is 2.17. The molecule has 2 aromatic rings. The molecule has 0 saturated carbocycles. The third-order valence-corrected chi connectivity index (χ3v) is 3.31. The first-order valence-electron chi connectivity index (χ1n) is 6.64. The summed E-state index contributed by atoms with van der Waals surface area (Å²) in [4.78, 5) is 0. The Morgan fingerprint density at radius 3 is 2.50 bits per heavy atom. The van der Waals surface area contributed by atoms with Gasteiger partial charge in [-0.1, -0.05) is 23.7 Å². The monoisotopic (exact) mass is 293 g/mol. The lowest BCUT2D eigenvalue weighted by Crippen LogP contribution is -2.36. The standard InChI is InChI=1S/C14H20ClN5/c1-10(11-5-7-12(15)8-6-11)20-13(17-18-19-20)9-16-14(2,3)4/h5-8,10,16H,9H2,1-4H3. The first-order chi connectivity index (χ1) is 9.37. The van der Waals surface area contributed by atoms with Gasteiger partial charge >= 0.3 is 0 Å². The van der Waals surface area contributed by atoms with E-state index in [0.29, 0.717) is 6.54 Å². The van der Waals surface area contributed by atoms with E-state index in [1.807, 2.05) is 28.9 Å². The zero-order valence-corrected chi connectivity index (χ0v) is 13.0. The predicted octanol–water partition coefficient (Wildman–Crippen LogP) is 2.82. The number of nitrogens with zero attached hydrogens (tertiary/aromatic N) is 4. The highest BCUT2D eigenvalue weighted by Crippen LogP contribution is 2.20. The van der Waals surface area contributed by atoms with E-state index in [1.54, 1.807) is 0 Å². The fraction of sp³-hybridized carbons (Fsp3) is 0.500. The van der Waals surface area contributed by atoms with Crippen LogP contribution < -0.4 is 5.32 Å². The zero-order chi connectivity index (χ0) is 14.8. The molecule has 1 aromatic carbocycles. The van der Waals surface area contributed by atoms with Crippen LogP contribution in [-0.2, 0) is 6.54 Å². The van der Waals surface area contributed by atoms with E-state index in [9.17, 15) is 0 Å². The molecule has 5 nitrogen and oxygen atoms in total. The molecule has 0 spiro atoms. The molecule has 0 fully saturated rings. The minimum atomic E-state index is 0.0281. The van der Waals surface area contributed by atoms with Gasteiger partial charge in [0.2, 0.25) is 0 Å². The van der Waals surface area contributed by atoms with Crippen LogP contribution in [0.15, 0.2) is 24.3 Å². The molecule has 0 saturated heterocycles. The average Bonchev–Trinajstić information content (AvgIpc) is 2.84. The van der Waals surface area contributed by atoms with Crippen LogP contribution in [-0.4, -0.2) is 25.7 Å². The Morgan fingerprint density at radius 1 is 1.25 bits per heavy atom. The van der Waals surface area contributed by atoms with Crippen molar-refractivity contribution >= 4 is 11.6 Å². The lowest BCUT2D eigenvalue weighted by molar-refractivity contribution is 0.403. The van der Waals surface area contributed by atoms with Crippen molar-refractivity contribution in [3.8, 4) is 0 Å². The van der Waals surface area contributed by atoms with E-state index in [2.05, 4.69) is 48.5 Å². The topological polar surface area (TPSA) is 55.6 Å². The molecule has 1 N–H and O–H groups in total. The second kappa shape index (κ2) is 5.89. The summed E-state index contributed by atoms with van der Waals surface area (Å²) in [5.74, 6) is 0.822. The van der Waals surface area contributed by atoms with Gasteiger partial charge in [-0.3, -0.25) is 0 Å². The largest absolute Gasteiger partial charge is 0.305 e. The van der Waals surface area contributed by atoms with Crippen LogP contribution in [0.3, 0.4) is 0 Å². The average molecular weight is 294 g/mol. The molecule has 0 amide bonds. The molecule has 0 radical (unpaired) electrons. The van der Waals surface area contributed by atoms with Crippen molar-refractivity contribution in [1.29, 1.82) is 0 Å². The molecule has 0 aliphatic carbocycles. The highest BCUT2D eigenvalue weighted by molar-refractivity contribution is 6.30. The van der Waals surface area contributed by atoms with Gasteiger partial charge in [-0.05, 0) is 55.8 Å². The van der Waals surface area contributed by atoms with Crippen molar-refractivity contribution < 1.29 is 0 Å². The quantitative estimate of drug-likeness (QED) is 0.942. The van der Waals surface area contributed by atoms with E-state index < -0.39 is 0 Å². The van der Waals surface area contributed by atoms with Gasteiger partial charge in [0.1, 0.15) is 0 Å². The fourth-order valence-electron chi connectivity index (χ4n) is 1.86. The summed E-state index contributed by atoms with van der Waals surface area (Å²) in [5, 5.41) is 16.1. The molecule has 0 bridgehead atoms. The first-order valence-corrected chi connectivity index (χ1v) is 7.02. The summed E-state index contributed by atoms with van der Waals surface area (Å²) >= 11 is 5.92. The summed E-state index contributed by atoms with van der Waals surface area (Å²) in [7, 11) is 0. The van der Waals surface area contributed by atoms with Crippen molar-refractivity contribution in [3.05, 3.63) is 40.7 Å². The molecule has 0 aliphatic heterocycles. The summed E-state index contributed by atoms with van der Waals surface area (Å²) < 4.78 is 1.84.